The number of carbonyl (C=O) groups is 1. The Labute approximate surface area is 105 Å². The molecule has 18 heavy (non-hydrogen) atoms. The summed E-state index contributed by atoms with van der Waals surface area (Å²) < 4.78 is 1.24. The molecule has 0 bridgehead atoms. The van der Waals surface area contributed by atoms with Gasteiger partial charge in [-0.25, -0.2) is 4.57 Å². The van der Waals surface area contributed by atoms with Gasteiger partial charge in [-0.3, -0.25) is 4.79 Å². The summed E-state index contributed by atoms with van der Waals surface area (Å²) in [6.07, 6.45) is 0.605. The van der Waals surface area contributed by atoms with E-state index in [1.165, 1.54) is 23.7 Å². The van der Waals surface area contributed by atoms with Crippen LogP contribution in [0.25, 0.3) is 0 Å². The van der Waals surface area contributed by atoms with Crippen molar-refractivity contribution in [1.29, 1.82) is 0 Å². The number of aromatic nitrogens is 1. The van der Waals surface area contributed by atoms with Gasteiger partial charge >= 0.3 is 5.82 Å². The molecule has 1 aromatic rings. The molecule has 0 aromatic carbocycles. The van der Waals surface area contributed by atoms with E-state index in [0.717, 1.165) is 0 Å². The van der Waals surface area contributed by atoms with Crippen LogP contribution in [0.1, 0.15) is 23.8 Å². The summed E-state index contributed by atoms with van der Waals surface area (Å²) in [5.41, 5.74) is 0.248. The Morgan fingerprint density at radius 3 is 2.78 bits per heavy atom. The third-order valence-electron chi connectivity index (χ3n) is 2.75. The van der Waals surface area contributed by atoms with Crippen molar-refractivity contribution < 1.29 is 14.8 Å². The van der Waals surface area contributed by atoms with Crippen molar-refractivity contribution >= 4 is 11.7 Å². The van der Waals surface area contributed by atoms with Crippen LogP contribution < -0.4 is 5.32 Å². The van der Waals surface area contributed by atoms with Crippen LogP contribution in [0, 0.1) is 16.0 Å². The van der Waals surface area contributed by atoms with Crippen LogP contribution in [0.2, 0.25) is 0 Å². The molecule has 100 valence electrons. The average molecular weight is 255 g/mol. The van der Waals surface area contributed by atoms with Crippen LogP contribution in [0.5, 0.6) is 0 Å². The van der Waals surface area contributed by atoms with E-state index in [1.807, 2.05) is 6.92 Å². The molecular weight excluding hydrogens is 238 g/mol. The van der Waals surface area contributed by atoms with Gasteiger partial charge in [0.1, 0.15) is 0 Å². The highest BCUT2D eigenvalue weighted by Gasteiger charge is 2.20. The Morgan fingerprint density at radius 1 is 1.61 bits per heavy atom. The highest BCUT2D eigenvalue weighted by atomic mass is 16.6. The SMILES string of the molecule is CC(CCO)CNC(=O)c1ccc([N+](=O)[O-])n1C. The summed E-state index contributed by atoms with van der Waals surface area (Å²) in [7, 11) is 1.48. The lowest BCUT2D eigenvalue weighted by Crippen LogP contribution is -2.30. The van der Waals surface area contributed by atoms with Gasteiger partial charge in [0.15, 0.2) is 5.69 Å². The molecule has 7 heteroatoms. The lowest BCUT2D eigenvalue weighted by Gasteiger charge is -2.10. The van der Waals surface area contributed by atoms with E-state index < -0.39 is 4.92 Å². The van der Waals surface area contributed by atoms with Crippen molar-refractivity contribution in [3.63, 3.8) is 0 Å². The topological polar surface area (TPSA) is 97.4 Å². The second kappa shape index (κ2) is 6.15. The first kappa shape index (κ1) is 14.2. The van der Waals surface area contributed by atoms with E-state index >= 15 is 0 Å². The van der Waals surface area contributed by atoms with Gasteiger partial charge in [-0.2, -0.15) is 0 Å². The zero-order valence-corrected chi connectivity index (χ0v) is 10.4. The molecule has 0 aliphatic carbocycles. The van der Waals surface area contributed by atoms with Gasteiger partial charge in [0.2, 0.25) is 0 Å². The monoisotopic (exact) mass is 255 g/mol. The number of aliphatic hydroxyl groups is 1. The van der Waals surface area contributed by atoms with Crippen LogP contribution in [0.4, 0.5) is 5.82 Å². The van der Waals surface area contributed by atoms with Gasteiger partial charge in [-0.15, -0.1) is 0 Å². The van der Waals surface area contributed by atoms with Crippen molar-refractivity contribution in [3.8, 4) is 0 Å². The fourth-order valence-corrected chi connectivity index (χ4v) is 1.59. The molecule has 1 rings (SSSR count). The Kier molecular flexibility index (Phi) is 4.85. The number of hydrogen-bond acceptors (Lipinski definition) is 4. The minimum Gasteiger partial charge on any atom is -0.396 e. The van der Waals surface area contributed by atoms with E-state index in [9.17, 15) is 14.9 Å². The van der Waals surface area contributed by atoms with Gasteiger partial charge in [0.25, 0.3) is 5.91 Å². The van der Waals surface area contributed by atoms with Crippen molar-refractivity contribution in [1.82, 2.24) is 9.88 Å². The highest BCUT2D eigenvalue weighted by molar-refractivity contribution is 5.93. The van der Waals surface area contributed by atoms with Crippen molar-refractivity contribution in [2.75, 3.05) is 13.2 Å². The average Bonchev–Trinajstić information content (AvgIpc) is 2.68. The number of hydrogen-bond donors (Lipinski definition) is 2. The molecule has 0 radical (unpaired) electrons. The molecule has 0 aliphatic heterocycles. The van der Waals surface area contributed by atoms with Gasteiger partial charge in [0.05, 0.1) is 7.05 Å². The van der Waals surface area contributed by atoms with E-state index in [1.54, 1.807) is 0 Å². The molecule has 0 saturated heterocycles. The molecule has 7 nitrogen and oxygen atoms in total. The summed E-state index contributed by atoms with van der Waals surface area (Å²) in [6.45, 7) is 2.41. The first-order valence-corrected chi connectivity index (χ1v) is 5.66. The zero-order chi connectivity index (χ0) is 13.7. The van der Waals surface area contributed by atoms with Gasteiger partial charge in [-0.05, 0) is 23.3 Å². The molecule has 0 fully saturated rings. The molecule has 1 amide bonds. The smallest absolute Gasteiger partial charge is 0.323 e. The van der Waals surface area contributed by atoms with Crippen molar-refractivity contribution in [2.24, 2.45) is 13.0 Å². The van der Waals surface area contributed by atoms with Crippen LogP contribution >= 0.6 is 0 Å². The number of nitrogens with one attached hydrogen (secondary N) is 1. The van der Waals surface area contributed by atoms with Crippen molar-refractivity contribution in [3.05, 3.63) is 27.9 Å². The molecule has 1 heterocycles. The summed E-state index contributed by atoms with van der Waals surface area (Å²) in [4.78, 5) is 21.9. The number of carbonyl (C=O) groups excluding carboxylic acids is 1. The number of nitro groups is 1. The molecule has 1 atom stereocenters. The maximum atomic E-state index is 11.8. The van der Waals surface area contributed by atoms with E-state index in [4.69, 9.17) is 5.11 Å². The summed E-state index contributed by atoms with van der Waals surface area (Å²) in [6, 6.07) is 2.72. The largest absolute Gasteiger partial charge is 0.396 e. The fourth-order valence-electron chi connectivity index (χ4n) is 1.59. The van der Waals surface area contributed by atoms with Crippen LogP contribution in [-0.4, -0.2) is 33.7 Å². The second-order valence-corrected chi connectivity index (χ2v) is 4.22. The lowest BCUT2D eigenvalue weighted by atomic mass is 10.1. The van der Waals surface area contributed by atoms with E-state index in [0.29, 0.717) is 13.0 Å². The molecule has 1 aromatic heterocycles. The minimum atomic E-state index is -0.537. The van der Waals surface area contributed by atoms with E-state index in [2.05, 4.69) is 5.32 Å². The van der Waals surface area contributed by atoms with Gasteiger partial charge in [0, 0.05) is 19.2 Å². The number of nitrogens with zero attached hydrogens (tertiary/aromatic N) is 2. The molecule has 2 N–H and O–H groups in total. The maximum absolute atomic E-state index is 11.8. The first-order chi connectivity index (χ1) is 8.47. The minimum absolute atomic E-state index is 0.0761. The second-order valence-electron chi connectivity index (χ2n) is 4.22. The number of rotatable bonds is 6. The standard InChI is InChI=1S/C11H17N3O4/c1-8(5-6-15)7-12-11(16)9-3-4-10(13(9)2)14(17)18/h3-4,8,15H,5-7H2,1-2H3,(H,12,16). The normalized spacial score (nSPS) is 12.2. The summed E-state index contributed by atoms with van der Waals surface area (Å²) in [5, 5.41) is 22.1. The van der Waals surface area contributed by atoms with Crippen LogP contribution in [0.3, 0.4) is 0 Å². The maximum Gasteiger partial charge on any atom is 0.323 e. The quantitative estimate of drug-likeness (QED) is 0.577. The first-order valence-electron chi connectivity index (χ1n) is 5.66. The Morgan fingerprint density at radius 2 is 2.28 bits per heavy atom. The molecule has 0 spiro atoms. The zero-order valence-electron chi connectivity index (χ0n) is 10.4. The van der Waals surface area contributed by atoms with Crippen LogP contribution in [0.15, 0.2) is 12.1 Å². The molecule has 0 aliphatic rings. The molecular formula is C11H17N3O4. The van der Waals surface area contributed by atoms with Gasteiger partial charge < -0.3 is 20.5 Å². The van der Waals surface area contributed by atoms with E-state index in [-0.39, 0.29) is 29.9 Å². The highest BCUT2D eigenvalue weighted by Crippen LogP contribution is 2.14. The van der Waals surface area contributed by atoms with Gasteiger partial charge in [-0.1, -0.05) is 6.92 Å². The Bertz CT molecular complexity index is 441. The van der Waals surface area contributed by atoms with Crippen molar-refractivity contribution in [2.45, 2.75) is 13.3 Å². The Balaban J connectivity index is 2.65. The Hall–Kier alpha value is -1.89. The number of amides is 1. The number of aliphatic hydroxyl groups excluding tert-OH is 1. The lowest BCUT2D eigenvalue weighted by molar-refractivity contribution is -0.391. The third kappa shape index (κ3) is 3.30. The predicted octanol–water partition coefficient (Wildman–Crippen LogP) is 0.682. The molecule has 1 unspecified atom stereocenters. The molecule has 0 saturated carbocycles. The third-order valence-corrected chi connectivity index (χ3v) is 2.75. The fraction of sp³-hybridized carbons (Fsp3) is 0.545. The predicted molar refractivity (Wildman–Crippen MR) is 65.3 cm³/mol. The van der Waals surface area contributed by atoms with Crippen LogP contribution in [-0.2, 0) is 7.05 Å². The summed E-state index contributed by atoms with van der Waals surface area (Å²) >= 11 is 0. The summed E-state index contributed by atoms with van der Waals surface area (Å²) in [5.74, 6) is -0.312.